The third-order valence-corrected chi connectivity index (χ3v) is 4.99. The number of aryl methyl sites for hydroxylation is 1. The van der Waals surface area contributed by atoms with Gasteiger partial charge in [0.05, 0.1) is 5.69 Å². The molecule has 1 aliphatic heterocycles. The van der Waals surface area contributed by atoms with Crippen LogP contribution in [0.5, 0.6) is 0 Å². The lowest BCUT2D eigenvalue weighted by molar-refractivity contribution is 0.169. The highest BCUT2D eigenvalue weighted by Gasteiger charge is 2.20. The molecule has 7 nitrogen and oxygen atoms in total. The number of piperazine rings is 1. The molecule has 9 heteroatoms. The first kappa shape index (κ1) is 24.5. The number of rotatable bonds is 6. The smallest absolute Gasteiger partial charge is 0.194 e. The zero-order valence-corrected chi connectivity index (χ0v) is 20.5. The van der Waals surface area contributed by atoms with E-state index in [1.165, 1.54) is 0 Å². The van der Waals surface area contributed by atoms with E-state index >= 15 is 0 Å². The molecular weight excluding hydrogens is 498 g/mol. The summed E-state index contributed by atoms with van der Waals surface area (Å²) in [5, 5.41) is 7.50. The fourth-order valence-electron chi connectivity index (χ4n) is 3.55. The van der Waals surface area contributed by atoms with Gasteiger partial charge in [0.15, 0.2) is 5.96 Å². The van der Waals surface area contributed by atoms with Gasteiger partial charge in [0.1, 0.15) is 11.6 Å². The van der Waals surface area contributed by atoms with Crippen molar-refractivity contribution < 1.29 is 8.91 Å². The van der Waals surface area contributed by atoms with E-state index in [0.717, 1.165) is 55.7 Å². The normalized spacial score (nSPS) is 15.4. The molecule has 0 spiro atoms. The highest BCUT2D eigenvalue weighted by molar-refractivity contribution is 14.0. The second kappa shape index (κ2) is 11.6. The fraction of sp³-hybridized carbons (Fsp3) is 0.524. The summed E-state index contributed by atoms with van der Waals surface area (Å²) in [5.74, 6) is 1.56. The van der Waals surface area contributed by atoms with Crippen molar-refractivity contribution in [3.63, 3.8) is 0 Å². The maximum atomic E-state index is 14.0. The van der Waals surface area contributed by atoms with Crippen LogP contribution in [0.3, 0.4) is 0 Å². The Bertz CT molecular complexity index is 833. The Balaban J connectivity index is 0.00000320. The van der Waals surface area contributed by atoms with Gasteiger partial charge in [-0.05, 0) is 38.7 Å². The van der Waals surface area contributed by atoms with E-state index in [2.05, 4.69) is 25.3 Å². The lowest BCUT2D eigenvalue weighted by Crippen LogP contribution is -2.52. The van der Waals surface area contributed by atoms with Crippen LogP contribution in [0.25, 0.3) is 0 Å². The van der Waals surface area contributed by atoms with Crippen molar-refractivity contribution in [3.8, 4) is 0 Å². The number of guanidine groups is 1. The summed E-state index contributed by atoms with van der Waals surface area (Å²) in [6.07, 6.45) is 0. The first-order valence-corrected chi connectivity index (χ1v) is 9.97. The Hall–Kier alpha value is -1.72. The lowest BCUT2D eigenvalue weighted by Gasteiger charge is -2.36. The molecular formula is C21H32FIN6O. The average Bonchev–Trinajstić information content (AvgIpc) is 3.10. The van der Waals surface area contributed by atoms with Crippen molar-refractivity contribution in [2.75, 3.05) is 47.3 Å². The van der Waals surface area contributed by atoms with Crippen molar-refractivity contribution in [2.45, 2.75) is 26.6 Å². The number of nitrogens with zero attached hydrogens (tertiary/aromatic N) is 5. The highest BCUT2D eigenvalue weighted by atomic mass is 127. The van der Waals surface area contributed by atoms with E-state index in [1.54, 1.807) is 13.1 Å². The fourth-order valence-corrected chi connectivity index (χ4v) is 3.55. The molecule has 0 atom stereocenters. The largest absolute Gasteiger partial charge is 0.361 e. The number of nitrogens with one attached hydrogen (secondary N) is 1. The number of hydrogen-bond donors (Lipinski definition) is 1. The van der Waals surface area contributed by atoms with Crippen LogP contribution in [0.1, 0.15) is 22.6 Å². The molecule has 1 saturated heterocycles. The minimum absolute atomic E-state index is 0. The molecule has 0 bridgehead atoms. The average molecular weight is 530 g/mol. The minimum atomic E-state index is -0.162. The van der Waals surface area contributed by atoms with Crippen molar-refractivity contribution in [2.24, 2.45) is 4.99 Å². The number of aliphatic imine (C=N–C) groups is 1. The van der Waals surface area contributed by atoms with Crippen LogP contribution in [0.2, 0.25) is 0 Å². The molecule has 1 aromatic carbocycles. The molecule has 1 fully saturated rings. The quantitative estimate of drug-likeness (QED) is 0.352. The lowest BCUT2D eigenvalue weighted by atomic mass is 10.1. The van der Waals surface area contributed by atoms with E-state index in [9.17, 15) is 4.39 Å². The molecule has 1 aliphatic rings. The summed E-state index contributed by atoms with van der Waals surface area (Å²) in [7, 11) is 5.68. The van der Waals surface area contributed by atoms with Gasteiger partial charge in [-0.1, -0.05) is 11.2 Å². The topological polar surface area (TPSA) is 60.1 Å². The van der Waals surface area contributed by atoms with Crippen LogP contribution < -0.4 is 5.32 Å². The summed E-state index contributed by atoms with van der Waals surface area (Å²) in [6.45, 7) is 7.59. The Morgan fingerprint density at radius 1 is 1.23 bits per heavy atom. The highest BCUT2D eigenvalue weighted by Crippen LogP contribution is 2.13. The van der Waals surface area contributed by atoms with Gasteiger partial charge in [0, 0.05) is 64.5 Å². The Morgan fingerprint density at radius 3 is 2.57 bits per heavy atom. The summed E-state index contributed by atoms with van der Waals surface area (Å²) >= 11 is 0. The summed E-state index contributed by atoms with van der Waals surface area (Å²) in [5.41, 5.74) is 2.73. The number of halogens is 2. The van der Waals surface area contributed by atoms with Crippen LogP contribution in [0.15, 0.2) is 33.8 Å². The standard InChI is InChI=1S/C21H31FN6O.HI/c1-16-11-19(25-29-16)15-27-7-9-28(10-8-27)21(23-2)24-13-17-5-6-20(22)18(12-17)14-26(3)4;/h5-6,11-12H,7-10,13-15H2,1-4H3,(H,23,24);1H. The molecule has 2 aromatic rings. The predicted octanol–water partition coefficient (Wildman–Crippen LogP) is 2.69. The molecule has 1 aromatic heterocycles. The van der Waals surface area contributed by atoms with Gasteiger partial charge < -0.3 is 19.6 Å². The van der Waals surface area contributed by atoms with Gasteiger partial charge in [-0.2, -0.15) is 0 Å². The summed E-state index contributed by atoms with van der Waals surface area (Å²) < 4.78 is 19.1. The first-order chi connectivity index (χ1) is 13.9. The molecule has 3 rings (SSSR count). The molecule has 0 amide bonds. The predicted molar refractivity (Wildman–Crippen MR) is 127 cm³/mol. The molecule has 0 aliphatic carbocycles. The molecule has 0 unspecified atom stereocenters. The van der Waals surface area contributed by atoms with Crippen LogP contribution in [-0.2, 0) is 19.6 Å². The van der Waals surface area contributed by atoms with Gasteiger partial charge in [-0.3, -0.25) is 9.89 Å². The van der Waals surface area contributed by atoms with E-state index < -0.39 is 0 Å². The SMILES string of the molecule is CN=C(NCc1ccc(F)c(CN(C)C)c1)N1CCN(Cc2cc(C)on2)CC1.I. The van der Waals surface area contributed by atoms with Gasteiger partial charge in [-0.15, -0.1) is 24.0 Å². The van der Waals surface area contributed by atoms with Crippen molar-refractivity contribution in [1.82, 2.24) is 25.2 Å². The van der Waals surface area contributed by atoms with Crippen LogP contribution in [0, 0.1) is 12.7 Å². The zero-order valence-electron chi connectivity index (χ0n) is 18.2. The number of benzene rings is 1. The van der Waals surface area contributed by atoms with E-state index in [4.69, 9.17) is 4.52 Å². The third-order valence-electron chi connectivity index (χ3n) is 4.99. The summed E-state index contributed by atoms with van der Waals surface area (Å²) in [4.78, 5) is 11.0. The Morgan fingerprint density at radius 2 is 1.97 bits per heavy atom. The van der Waals surface area contributed by atoms with Crippen molar-refractivity contribution in [1.29, 1.82) is 0 Å². The molecule has 166 valence electrons. The van der Waals surface area contributed by atoms with E-state index in [-0.39, 0.29) is 29.8 Å². The monoisotopic (exact) mass is 530 g/mol. The second-order valence-corrected chi connectivity index (χ2v) is 7.76. The van der Waals surface area contributed by atoms with E-state index in [1.807, 2.05) is 44.1 Å². The first-order valence-electron chi connectivity index (χ1n) is 9.97. The van der Waals surface area contributed by atoms with Crippen LogP contribution in [0.4, 0.5) is 4.39 Å². The number of aromatic nitrogens is 1. The Kier molecular flexibility index (Phi) is 9.50. The second-order valence-electron chi connectivity index (χ2n) is 7.76. The molecule has 30 heavy (non-hydrogen) atoms. The maximum Gasteiger partial charge on any atom is 0.194 e. The van der Waals surface area contributed by atoms with Crippen LogP contribution in [-0.4, -0.2) is 73.1 Å². The van der Waals surface area contributed by atoms with Gasteiger partial charge in [0.2, 0.25) is 0 Å². The zero-order chi connectivity index (χ0) is 20.8. The van der Waals surface area contributed by atoms with Gasteiger partial charge in [-0.25, -0.2) is 4.39 Å². The third kappa shape index (κ3) is 6.92. The summed E-state index contributed by atoms with van der Waals surface area (Å²) in [6, 6.07) is 7.28. The maximum absolute atomic E-state index is 14.0. The van der Waals surface area contributed by atoms with Crippen molar-refractivity contribution >= 4 is 29.9 Å². The van der Waals surface area contributed by atoms with Gasteiger partial charge >= 0.3 is 0 Å². The molecule has 1 N–H and O–H groups in total. The molecule has 2 heterocycles. The Labute approximate surface area is 195 Å². The molecule has 0 radical (unpaired) electrons. The minimum Gasteiger partial charge on any atom is -0.361 e. The van der Waals surface area contributed by atoms with Crippen molar-refractivity contribution in [3.05, 3.63) is 52.7 Å². The van der Waals surface area contributed by atoms with E-state index in [0.29, 0.717) is 18.7 Å². The van der Waals surface area contributed by atoms with Crippen LogP contribution >= 0.6 is 24.0 Å². The molecule has 0 saturated carbocycles. The van der Waals surface area contributed by atoms with Gasteiger partial charge in [0.25, 0.3) is 0 Å². The number of hydrogen-bond acceptors (Lipinski definition) is 5.